The Morgan fingerprint density at radius 1 is 1.00 bits per heavy atom. The highest BCUT2D eigenvalue weighted by molar-refractivity contribution is 5.95. The van der Waals surface area contributed by atoms with E-state index in [0.717, 1.165) is 5.56 Å². The fraction of sp³-hybridized carbons (Fsp3) is 0.633. The predicted octanol–water partition coefficient (Wildman–Crippen LogP) is 1.58. The first-order valence-corrected chi connectivity index (χ1v) is 14.7. The van der Waals surface area contributed by atoms with Gasteiger partial charge in [0, 0.05) is 25.3 Å². The van der Waals surface area contributed by atoms with Crippen molar-refractivity contribution in [1.29, 1.82) is 0 Å². The summed E-state index contributed by atoms with van der Waals surface area (Å²) in [6.45, 7) is 11.2. The topological polar surface area (TPSA) is 179 Å². The van der Waals surface area contributed by atoms with E-state index in [1.54, 1.807) is 32.9 Å². The number of anilines is 1. The molecular formula is C30H49N5O9. The molecule has 0 radical (unpaired) electrons. The first-order valence-electron chi connectivity index (χ1n) is 14.7. The molecule has 0 fully saturated rings. The third-order valence-corrected chi connectivity index (χ3v) is 6.12. The van der Waals surface area contributed by atoms with Gasteiger partial charge in [-0.3, -0.25) is 29.4 Å². The maximum atomic E-state index is 13.2. The Hall–Kier alpha value is -3.59. The minimum atomic E-state index is -0.872. The van der Waals surface area contributed by atoms with E-state index < -0.39 is 29.6 Å². The quantitative estimate of drug-likeness (QED) is 0.127. The van der Waals surface area contributed by atoms with Crippen LogP contribution in [0.3, 0.4) is 0 Å². The molecule has 0 aliphatic rings. The third kappa shape index (κ3) is 15.2. The molecule has 0 saturated carbocycles. The van der Waals surface area contributed by atoms with E-state index in [9.17, 15) is 24.0 Å². The Bertz CT molecular complexity index is 1050. The van der Waals surface area contributed by atoms with Crippen LogP contribution in [0.5, 0.6) is 0 Å². The molecule has 0 aliphatic heterocycles. The van der Waals surface area contributed by atoms with Crippen molar-refractivity contribution in [3.8, 4) is 0 Å². The second kappa shape index (κ2) is 21.2. The van der Waals surface area contributed by atoms with Gasteiger partial charge in [-0.05, 0) is 51.3 Å². The van der Waals surface area contributed by atoms with Crippen LogP contribution in [0.1, 0.15) is 51.7 Å². The van der Waals surface area contributed by atoms with Gasteiger partial charge < -0.3 is 34.9 Å². The van der Waals surface area contributed by atoms with Gasteiger partial charge in [0.1, 0.15) is 18.2 Å². The van der Waals surface area contributed by atoms with E-state index >= 15 is 0 Å². The van der Waals surface area contributed by atoms with Crippen LogP contribution < -0.4 is 16.4 Å². The normalized spacial score (nSPS) is 11.8. The number of carbonyl (C=O) groups excluding carboxylic acids is 5. The molecule has 1 aromatic carbocycles. The lowest BCUT2D eigenvalue weighted by atomic mass is 10.0. The SMILES string of the molecule is CCCC(C(=O)NC=O)N(C=O)Cc1c(C)cccc1NC(=O)CN(CCOCCOCCOCCN)C(=O)OC(C)(C)C. The van der Waals surface area contributed by atoms with E-state index in [2.05, 4.69) is 10.6 Å². The molecule has 0 saturated heterocycles. The van der Waals surface area contributed by atoms with Crippen LogP contribution in [-0.4, -0.2) is 111 Å². The molecule has 1 unspecified atom stereocenters. The Kier molecular flexibility index (Phi) is 18.5. The molecule has 5 amide bonds. The van der Waals surface area contributed by atoms with Crippen molar-refractivity contribution in [2.24, 2.45) is 5.73 Å². The number of carbonyl (C=O) groups is 5. The van der Waals surface area contributed by atoms with Crippen molar-refractivity contribution >= 4 is 36.4 Å². The average Bonchev–Trinajstić information content (AvgIpc) is 2.95. The minimum Gasteiger partial charge on any atom is -0.444 e. The summed E-state index contributed by atoms with van der Waals surface area (Å²) in [4.78, 5) is 64.0. The first kappa shape index (κ1) is 38.4. The zero-order valence-corrected chi connectivity index (χ0v) is 26.6. The van der Waals surface area contributed by atoms with Gasteiger partial charge in [-0.2, -0.15) is 0 Å². The number of nitrogens with one attached hydrogen (secondary N) is 2. The number of rotatable bonds is 22. The number of ether oxygens (including phenoxy) is 4. The number of hydrogen-bond donors (Lipinski definition) is 3. The summed E-state index contributed by atoms with van der Waals surface area (Å²) < 4.78 is 21.7. The van der Waals surface area contributed by atoms with Crippen molar-refractivity contribution < 1.29 is 42.9 Å². The lowest BCUT2D eigenvalue weighted by Crippen LogP contribution is -2.46. The summed E-state index contributed by atoms with van der Waals surface area (Å²) in [5.74, 6) is -1.09. The molecule has 1 atom stereocenters. The van der Waals surface area contributed by atoms with Gasteiger partial charge in [-0.15, -0.1) is 0 Å². The summed E-state index contributed by atoms with van der Waals surface area (Å²) in [5.41, 5.74) is 6.38. The van der Waals surface area contributed by atoms with Crippen LogP contribution in [0.4, 0.5) is 10.5 Å². The monoisotopic (exact) mass is 623 g/mol. The van der Waals surface area contributed by atoms with E-state index in [-0.39, 0.29) is 39.3 Å². The summed E-state index contributed by atoms with van der Waals surface area (Å²) in [6.07, 6.45) is 1.09. The van der Waals surface area contributed by atoms with E-state index in [4.69, 9.17) is 24.7 Å². The minimum absolute atomic E-state index is 0.00751. The molecule has 1 rings (SSSR count). The highest BCUT2D eigenvalue weighted by atomic mass is 16.6. The zero-order chi connectivity index (χ0) is 33.0. The fourth-order valence-corrected chi connectivity index (χ4v) is 4.03. The van der Waals surface area contributed by atoms with Gasteiger partial charge in [-0.1, -0.05) is 25.5 Å². The molecule has 14 heteroatoms. The van der Waals surface area contributed by atoms with Crippen LogP contribution >= 0.6 is 0 Å². The molecule has 14 nitrogen and oxygen atoms in total. The summed E-state index contributed by atoms with van der Waals surface area (Å²) in [7, 11) is 0. The van der Waals surface area contributed by atoms with Gasteiger partial charge in [-0.25, -0.2) is 4.79 Å². The lowest BCUT2D eigenvalue weighted by molar-refractivity contribution is -0.135. The Morgan fingerprint density at radius 2 is 1.64 bits per heavy atom. The Morgan fingerprint density at radius 3 is 2.20 bits per heavy atom. The number of benzene rings is 1. The summed E-state index contributed by atoms with van der Waals surface area (Å²) >= 11 is 0. The number of nitrogens with two attached hydrogens (primary N) is 1. The number of hydrogen-bond acceptors (Lipinski definition) is 10. The van der Waals surface area contributed by atoms with Crippen LogP contribution in [0, 0.1) is 6.92 Å². The van der Waals surface area contributed by atoms with E-state index in [1.165, 1.54) is 9.80 Å². The molecule has 0 heterocycles. The molecule has 0 spiro atoms. The number of nitrogens with zero attached hydrogens (tertiary/aromatic N) is 2. The van der Waals surface area contributed by atoms with Crippen molar-refractivity contribution in [2.45, 2.75) is 65.6 Å². The maximum Gasteiger partial charge on any atom is 0.410 e. The van der Waals surface area contributed by atoms with Gasteiger partial charge in [0.05, 0.1) is 39.6 Å². The van der Waals surface area contributed by atoms with Crippen LogP contribution in [0.15, 0.2) is 18.2 Å². The second-order valence-electron chi connectivity index (χ2n) is 10.9. The molecule has 248 valence electrons. The smallest absolute Gasteiger partial charge is 0.410 e. The standard InChI is InChI=1S/C30H49N5O9/c1-6-8-26(28(39)32-21-36)35(22-37)19-24-23(2)9-7-10-25(24)33-27(38)20-34(29(40)44-30(3,4)5)12-14-42-16-18-43-17-15-41-13-11-31/h7,9-10,21-22,26H,6,8,11-20,31H2,1-5H3,(H,33,38)(H,32,36,39). The second-order valence-corrected chi connectivity index (χ2v) is 10.9. The van der Waals surface area contributed by atoms with Gasteiger partial charge in [0.25, 0.3) is 0 Å². The van der Waals surface area contributed by atoms with Crippen LogP contribution in [0.2, 0.25) is 0 Å². The Balaban J connectivity index is 2.93. The molecule has 0 bridgehead atoms. The first-order chi connectivity index (χ1) is 21.0. The highest BCUT2D eigenvalue weighted by Crippen LogP contribution is 2.23. The van der Waals surface area contributed by atoms with Crippen molar-refractivity contribution in [2.75, 3.05) is 64.6 Å². The van der Waals surface area contributed by atoms with E-state index in [1.807, 2.05) is 19.9 Å². The average molecular weight is 624 g/mol. The molecule has 0 aromatic heterocycles. The lowest BCUT2D eigenvalue weighted by Gasteiger charge is -2.29. The number of amides is 5. The van der Waals surface area contributed by atoms with Crippen LogP contribution in [0.25, 0.3) is 0 Å². The molecule has 1 aromatic rings. The maximum absolute atomic E-state index is 13.2. The number of aryl methyl sites for hydroxylation is 1. The molecule has 4 N–H and O–H groups in total. The van der Waals surface area contributed by atoms with Crippen molar-refractivity contribution in [1.82, 2.24) is 15.1 Å². The molecule has 0 aliphatic carbocycles. The van der Waals surface area contributed by atoms with Gasteiger partial charge in [0.2, 0.25) is 24.6 Å². The van der Waals surface area contributed by atoms with Crippen molar-refractivity contribution in [3.63, 3.8) is 0 Å². The van der Waals surface area contributed by atoms with Gasteiger partial charge in [0.15, 0.2) is 0 Å². The zero-order valence-electron chi connectivity index (χ0n) is 26.6. The summed E-state index contributed by atoms with van der Waals surface area (Å²) in [6, 6.07) is 4.36. The summed E-state index contributed by atoms with van der Waals surface area (Å²) in [5, 5.41) is 4.94. The molecular weight excluding hydrogens is 574 g/mol. The van der Waals surface area contributed by atoms with Crippen molar-refractivity contribution in [3.05, 3.63) is 29.3 Å². The third-order valence-electron chi connectivity index (χ3n) is 6.12. The van der Waals surface area contributed by atoms with Crippen LogP contribution in [-0.2, 0) is 44.7 Å². The fourth-order valence-electron chi connectivity index (χ4n) is 4.03. The highest BCUT2D eigenvalue weighted by Gasteiger charge is 2.27. The number of imide groups is 1. The Labute approximate surface area is 259 Å². The molecule has 44 heavy (non-hydrogen) atoms. The van der Waals surface area contributed by atoms with E-state index in [0.29, 0.717) is 63.5 Å². The van der Waals surface area contributed by atoms with Gasteiger partial charge >= 0.3 is 6.09 Å². The predicted molar refractivity (Wildman–Crippen MR) is 164 cm³/mol. The largest absolute Gasteiger partial charge is 0.444 e.